The number of rotatable bonds is 6. The summed E-state index contributed by atoms with van der Waals surface area (Å²) in [4.78, 5) is 0. The van der Waals surface area contributed by atoms with E-state index in [0.717, 1.165) is 5.56 Å². The molecule has 0 saturated heterocycles. The highest BCUT2D eigenvalue weighted by atomic mass is 35.5. The average Bonchev–Trinajstić information content (AvgIpc) is 2.52. The third-order valence-electron chi connectivity index (χ3n) is 3.59. The molecule has 2 rings (SSSR count). The maximum atomic E-state index is 14.1. The molecule has 0 aromatic heterocycles. The molecule has 0 heterocycles. The lowest BCUT2D eigenvalue weighted by Crippen LogP contribution is -2.31. The van der Waals surface area contributed by atoms with E-state index in [9.17, 15) is 4.39 Å². The third kappa shape index (κ3) is 4.12. The summed E-state index contributed by atoms with van der Waals surface area (Å²) >= 11 is 18.2. The molecule has 0 aliphatic heterocycles. The Morgan fingerprint density at radius 1 is 0.857 bits per heavy atom. The van der Waals surface area contributed by atoms with Crippen LogP contribution in [-0.2, 0) is 12.8 Å². The number of benzene rings is 2. The van der Waals surface area contributed by atoms with Crippen molar-refractivity contribution in [3.05, 3.63) is 70.5 Å². The topological polar surface area (TPSA) is 0 Å². The van der Waals surface area contributed by atoms with Crippen LogP contribution in [0, 0.1) is 11.2 Å². The van der Waals surface area contributed by atoms with Crippen LogP contribution in [0.1, 0.15) is 11.1 Å². The Morgan fingerprint density at radius 3 is 2.14 bits per heavy atom. The average molecular weight is 346 g/mol. The zero-order chi connectivity index (χ0) is 15.3. The molecule has 2 aromatic carbocycles. The summed E-state index contributed by atoms with van der Waals surface area (Å²) in [5.74, 6) is 0.334. The van der Waals surface area contributed by atoms with Gasteiger partial charge in [0.25, 0.3) is 0 Å². The fraction of sp³-hybridized carbons (Fsp3) is 0.294. The summed E-state index contributed by atoms with van der Waals surface area (Å²) in [6.45, 7) is 0. The highest BCUT2D eigenvalue weighted by Crippen LogP contribution is 2.33. The highest BCUT2D eigenvalue weighted by molar-refractivity contribution is 6.30. The van der Waals surface area contributed by atoms with E-state index >= 15 is 0 Å². The molecule has 0 unspecified atom stereocenters. The van der Waals surface area contributed by atoms with Crippen LogP contribution in [0.5, 0.6) is 0 Å². The molecular formula is C17H16Cl3F. The molecule has 0 fully saturated rings. The summed E-state index contributed by atoms with van der Waals surface area (Å²) in [7, 11) is 0. The Hall–Kier alpha value is -0.760. The van der Waals surface area contributed by atoms with E-state index in [1.54, 1.807) is 18.2 Å². The van der Waals surface area contributed by atoms with Crippen molar-refractivity contribution in [1.29, 1.82) is 0 Å². The Bertz CT molecular complexity index is 580. The number of hydrogen-bond donors (Lipinski definition) is 0. The quantitative estimate of drug-likeness (QED) is 0.587. The van der Waals surface area contributed by atoms with Gasteiger partial charge in [-0.3, -0.25) is 0 Å². The molecular weight excluding hydrogens is 330 g/mol. The molecule has 0 aliphatic carbocycles. The van der Waals surface area contributed by atoms with E-state index in [4.69, 9.17) is 34.8 Å². The summed E-state index contributed by atoms with van der Waals surface area (Å²) < 4.78 is 14.1. The molecule has 2 aromatic rings. The van der Waals surface area contributed by atoms with E-state index in [2.05, 4.69) is 0 Å². The van der Waals surface area contributed by atoms with Gasteiger partial charge in [-0.25, -0.2) is 4.39 Å². The van der Waals surface area contributed by atoms with Gasteiger partial charge in [0, 0.05) is 17.2 Å². The van der Waals surface area contributed by atoms with Gasteiger partial charge in [0.2, 0.25) is 0 Å². The molecule has 4 heteroatoms. The molecule has 0 atom stereocenters. The van der Waals surface area contributed by atoms with E-state index in [-0.39, 0.29) is 10.8 Å². The van der Waals surface area contributed by atoms with Gasteiger partial charge in [-0.15, -0.1) is 23.2 Å². The first-order chi connectivity index (χ1) is 10.1. The van der Waals surface area contributed by atoms with Crippen molar-refractivity contribution >= 4 is 34.8 Å². The molecule has 0 aliphatic rings. The highest BCUT2D eigenvalue weighted by Gasteiger charge is 2.30. The Kier molecular flexibility index (Phi) is 5.92. The molecule has 0 spiro atoms. The van der Waals surface area contributed by atoms with Crippen molar-refractivity contribution in [2.45, 2.75) is 12.8 Å². The lowest BCUT2D eigenvalue weighted by atomic mass is 9.79. The summed E-state index contributed by atoms with van der Waals surface area (Å²) in [6, 6.07) is 15.0. The van der Waals surface area contributed by atoms with Crippen molar-refractivity contribution < 1.29 is 4.39 Å². The summed E-state index contributed by atoms with van der Waals surface area (Å²) in [5, 5.41) is 0.130. The van der Waals surface area contributed by atoms with Gasteiger partial charge in [-0.2, -0.15) is 0 Å². The number of hydrogen-bond acceptors (Lipinski definition) is 0. The normalized spacial score (nSPS) is 11.6. The standard InChI is InChI=1S/C17H16Cl3F/c18-11-17(12-19,9-13-5-2-1-3-6-13)10-14-7-4-8-15(20)16(14)21/h1-8H,9-12H2. The summed E-state index contributed by atoms with van der Waals surface area (Å²) in [6.07, 6.45) is 1.16. The zero-order valence-electron chi connectivity index (χ0n) is 11.5. The van der Waals surface area contributed by atoms with Crippen LogP contribution in [0.15, 0.2) is 48.5 Å². The molecule has 0 nitrogen and oxygen atoms in total. The minimum Gasteiger partial charge on any atom is -0.205 e. The number of alkyl halides is 2. The fourth-order valence-electron chi connectivity index (χ4n) is 2.41. The van der Waals surface area contributed by atoms with Crippen molar-refractivity contribution in [2.24, 2.45) is 5.41 Å². The minimum atomic E-state index is -0.393. The van der Waals surface area contributed by atoms with E-state index in [1.807, 2.05) is 30.3 Å². The molecule has 21 heavy (non-hydrogen) atoms. The first kappa shape index (κ1) is 16.6. The van der Waals surface area contributed by atoms with Gasteiger partial charge in [-0.05, 0) is 30.0 Å². The Balaban J connectivity index is 2.27. The molecule has 0 radical (unpaired) electrons. The SMILES string of the molecule is Fc1c(Cl)cccc1CC(CCl)(CCl)Cc1ccccc1. The van der Waals surface area contributed by atoms with Gasteiger partial charge in [-0.1, -0.05) is 54.1 Å². The van der Waals surface area contributed by atoms with E-state index in [0.29, 0.717) is 30.2 Å². The van der Waals surface area contributed by atoms with Crippen LogP contribution in [0.3, 0.4) is 0 Å². The van der Waals surface area contributed by atoms with Crippen LogP contribution in [0.25, 0.3) is 0 Å². The third-order valence-corrected chi connectivity index (χ3v) is 5.01. The predicted octanol–water partition coefficient (Wildman–Crippen LogP) is 5.73. The van der Waals surface area contributed by atoms with Crippen LogP contribution in [0.2, 0.25) is 5.02 Å². The molecule has 0 bridgehead atoms. The maximum Gasteiger partial charge on any atom is 0.144 e. The van der Waals surface area contributed by atoms with E-state index in [1.165, 1.54) is 0 Å². The van der Waals surface area contributed by atoms with Gasteiger partial charge in [0.1, 0.15) is 5.82 Å². The Labute approximate surface area is 139 Å². The first-order valence-electron chi connectivity index (χ1n) is 6.69. The van der Waals surface area contributed by atoms with Crippen molar-refractivity contribution in [2.75, 3.05) is 11.8 Å². The lowest BCUT2D eigenvalue weighted by Gasteiger charge is -2.30. The molecule has 0 amide bonds. The van der Waals surface area contributed by atoms with Crippen LogP contribution >= 0.6 is 34.8 Å². The Morgan fingerprint density at radius 2 is 1.52 bits per heavy atom. The number of halogens is 4. The predicted molar refractivity (Wildman–Crippen MR) is 89.1 cm³/mol. The molecule has 112 valence electrons. The largest absolute Gasteiger partial charge is 0.205 e. The summed E-state index contributed by atoms with van der Waals surface area (Å²) in [5.41, 5.74) is 1.30. The van der Waals surface area contributed by atoms with Gasteiger partial charge >= 0.3 is 0 Å². The van der Waals surface area contributed by atoms with Gasteiger partial charge in [0.15, 0.2) is 0 Å². The van der Waals surface area contributed by atoms with Crippen LogP contribution in [0.4, 0.5) is 4.39 Å². The second-order valence-corrected chi connectivity index (χ2v) is 6.26. The molecule has 0 N–H and O–H groups in total. The second-order valence-electron chi connectivity index (χ2n) is 5.32. The fourth-order valence-corrected chi connectivity index (χ4v) is 3.26. The van der Waals surface area contributed by atoms with Crippen molar-refractivity contribution in [1.82, 2.24) is 0 Å². The van der Waals surface area contributed by atoms with Gasteiger partial charge in [0.05, 0.1) is 5.02 Å². The van der Waals surface area contributed by atoms with Gasteiger partial charge < -0.3 is 0 Å². The molecule has 0 saturated carbocycles. The lowest BCUT2D eigenvalue weighted by molar-refractivity contribution is 0.367. The van der Waals surface area contributed by atoms with Crippen molar-refractivity contribution in [3.63, 3.8) is 0 Å². The monoisotopic (exact) mass is 344 g/mol. The van der Waals surface area contributed by atoms with E-state index < -0.39 is 5.41 Å². The smallest absolute Gasteiger partial charge is 0.144 e. The second kappa shape index (κ2) is 7.49. The zero-order valence-corrected chi connectivity index (χ0v) is 13.7. The maximum absolute atomic E-state index is 14.1. The van der Waals surface area contributed by atoms with Crippen LogP contribution in [-0.4, -0.2) is 11.8 Å². The van der Waals surface area contributed by atoms with Crippen molar-refractivity contribution in [3.8, 4) is 0 Å². The van der Waals surface area contributed by atoms with Crippen LogP contribution < -0.4 is 0 Å². The first-order valence-corrected chi connectivity index (χ1v) is 8.14. The minimum absolute atomic E-state index is 0.130.